The van der Waals surface area contributed by atoms with E-state index in [1.807, 2.05) is 18.7 Å². The Morgan fingerprint density at radius 1 is 1.50 bits per heavy atom. The van der Waals surface area contributed by atoms with Crippen molar-refractivity contribution in [1.29, 1.82) is 0 Å². The lowest BCUT2D eigenvalue weighted by molar-refractivity contribution is -0.123. The number of carbonyl (C=O) groups excluding carboxylic acids is 1. The maximum absolute atomic E-state index is 11.9. The van der Waals surface area contributed by atoms with Crippen molar-refractivity contribution in [3.63, 3.8) is 0 Å². The number of carbonyl (C=O) groups is 1. The molecule has 6 heteroatoms. The number of nitrogens with two attached hydrogens (primary N) is 1. The highest BCUT2D eigenvalue weighted by Crippen LogP contribution is 2.25. The summed E-state index contributed by atoms with van der Waals surface area (Å²) < 4.78 is 0. The van der Waals surface area contributed by atoms with E-state index in [2.05, 4.69) is 15.3 Å². The van der Waals surface area contributed by atoms with E-state index in [-0.39, 0.29) is 11.9 Å². The Balaban J connectivity index is 2.40. The molecule has 1 atom stereocenters. The predicted octanol–water partition coefficient (Wildman–Crippen LogP) is 0.336. The molecule has 1 aliphatic rings. The first kappa shape index (κ1) is 12.6. The molecule has 18 heavy (non-hydrogen) atoms. The van der Waals surface area contributed by atoms with Gasteiger partial charge in [-0.1, -0.05) is 13.8 Å². The monoisotopic (exact) mass is 249 g/mol. The Kier molecular flexibility index (Phi) is 3.64. The molecule has 2 rings (SSSR count). The lowest BCUT2D eigenvalue weighted by atomic mass is 10.1. The highest BCUT2D eigenvalue weighted by atomic mass is 16.2. The van der Waals surface area contributed by atoms with Crippen molar-refractivity contribution < 1.29 is 4.79 Å². The molecule has 2 heterocycles. The lowest BCUT2D eigenvalue weighted by Crippen LogP contribution is -2.55. The molecule has 3 N–H and O–H groups in total. The molecule has 1 aromatic rings. The second-order valence-electron chi connectivity index (χ2n) is 4.32. The van der Waals surface area contributed by atoms with Gasteiger partial charge in [0, 0.05) is 18.7 Å². The molecular formula is C12H19N5O. The number of piperazine rings is 1. The SMILES string of the molecule is CCc1c(N)ncnc1N1CCNC(=O)C1CC. The molecule has 0 aromatic carbocycles. The van der Waals surface area contributed by atoms with Crippen molar-refractivity contribution in [2.24, 2.45) is 0 Å². The van der Waals surface area contributed by atoms with E-state index in [4.69, 9.17) is 5.73 Å². The molecule has 1 aromatic heterocycles. The van der Waals surface area contributed by atoms with Gasteiger partial charge >= 0.3 is 0 Å². The summed E-state index contributed by atoms with van der Waals surface area (Å²) >= 11 is 0. The van der Waals surface area contributed by atoms with Crippen molar-refractivity contribution >= 4 is 17.5 Å². The molecule has 98 valence electrons. The van der Waals surface area contributed by atoms with Crippen molar-refractivity contribution in [3.8, 4) is 0 Å². The van der Waals surface area contributed by atoms with Crippen LogP contribution >= 0.6 is 0 Å². The van der Waals surface area contributed by atoms with Crippen LogP contribution in [-0.4, -0.2) is 35.0 Å². The third-order valence-electron chi connectivity index (χ3n) is 3.30. The van der Waals surface area contributed by atoms with Crippen LogP contribution in [0.1, 0.15) is 25.8 Å². The highest BCUT2D eigenvalue weighted by molar-refractivity contribution is 5.86. The summed E-state index contributed by atoms with van der Waals surface area (Å²) in [4.78, 5) is 22.2. The maximum atomic E-state index is 11.9. The average molecular weight is 249 g/mol. The molecule has 0 radical (unpaired) electrons. The molecule has 0 spiro atoms. The fourth-order valence-corrected chi connectivity index (χ4v) is 2.38. The van der Waals surface area contributed by atoms with Crippen LogP contribution in [0.2, 0.25) is 0 Å². The van der Waals surface area contributed by atoms with E-state index in [0.717, 1.165) is 30.8 Å². The van der Waals surface area contributed by atoms with Gasteiger partial charge in [0.15, 0.2) is 0 Å². The largest absolute Gasteiger partial charge is 0.383 e. The minimum atomic E-state index is -0.168. The van der Waals surface area contributed by atoms with E-state index in [1.165, 1.54) is 6.33 Å². The third kappa shape index (κ3) is 2.10. The number of hydrogen-bond acceptors (Lipinski definition) is 5. The zero-order chi connectivity index (χ0) is 13.1. The van der Waals surface area contributed by atoms with Gasteiger partial charge in [-0.25, -0.2) is 9.97 Å². The summed E-state index contributed by atoms with van der Waals surface area (Å²) in [5, 5.41) is 2.88. The van der Waals surface area contributed by atoms with E-state index in [9.17, 15) is 4.79 Å². The van der Waals surface area contributed by atoms with Crippen molar-refractivity contribution in [1.82, 2.24) is 15.3 Å². The summed E-state index contributed by atoms with van der Waals surface area (Å²) in [6.45, 7) is 5.42. The molecule has 1 saturated heterocycles. The Bertz CT molecular complexity index is 448. The lowest BCUT2D eigenvalue weighted by Gasteiger charge is -2.36. The molecule has 0 aliphatic carbocycles. The summed E-state index contributed by atoms with van der Waals surface area (Å²) in [7, 11) is 0. The number of amides is 1. The summed E-state index contributed by atoms with van der Waals surface area (Å²) in [6.07, 6.45) is 2.97. The van der Waals surface area contributed by atoms with Crippen molar-refractivity contribution in [2.75, 3.05) is 23.7 Å². The van der Waals surface area contributed by atoms with Crippen LogP contribution in [0.25, 0.3) is 0 Å². The van der Waals surface area contributed by atoms with Gasteiger partial charge in [0.25, 0.3) is 0 Å². The number of rotatable bonds is 3. The Labute approximate surface area is 107 Å². The number of nitrogen functional groups attached to an aromatic ring is 1. The molecule has 0 saturated carbocycles. The van der Waals surface area contributed by atoms with Crippen molar-refractivity contribution in [2.45, 2.75) is 32.7 Å². The molecule has 1 aliphatic heterocycles. The first-order chi connectivity index (χ1) is 8.69. The van der Waals surface area contributed by atoms with Gasteiger partial charge in [-0.15, -0.1) is 0 Å². The second-order valence-corrected chi connectivity index (χ2v) is 4.32. The Morgan fingerprint density at radius 3 is 2.94 bits per heavy atom. The third-order valence-corrected chi connectivity index (χ3v) is 3.30. The van der Waals surface area contributed by atoms with Crippen LogP contribution in [0.3, 0.4) is 0 Å². The fraction of sp³-hybridized carbons (Fsp3) is 0.583. The minimum absolute atomic E-state index is 0.0583. The van der Waals surface area contributed by atoms with E-state index < -0.39 is 0 Å². The zero-order valence-corrected chi connectivity index (χ0v) is 10.8. The maximum Gasteiger partial charge on any atom is 0.242 e. The smallest absolute Gasteiger partial charge is 0.242 e. The van der Waals surface area contributed by atoms with E-state index in [0.29, 0.717) is 12.4 Å². The van der Waals surface area contributed by atoms with Crippen LogP contribution in [0.5, 0.6) is 0 Å². The number of hydrogen-bond donors (Lipinski definition) is 2. The number of anilines is 2. The van der Waals surface area contributed by atoms with Crippen molar-refractivity contribution in [3.05, 3.63) is 11.9 Å². The summed E-state index contributed by atoms with van der Waals surface area (Å²) in [5.74, 6) is 1.36. The van der Waals surface area contributed by atoms with Crippen LogP contribution < -0.4 is 16.0 Å². The molecule has 1 fully saturated rings. The van der Waals surface area contributed by atoms with Crippen LogP contribution in [0.4, 0.5) is 11.6 Å². The molecule has 6 nitrogen and oxygen atoms in total. The first-order valence-electron chi connectivity index (χ1n) is 6.32. The van der Waals surface area contributed by atoms with Gasteiger partial charge in [0.1, 0.15) is 24.0 Å². The zero-order valence-electron chi connectivity index (χ0n) is 10.8. The molecule has 0 bridgehead atoms. The molecular weight excluding hydrogens is 230 g/mol. The van der Waals surface area contributed by atoms with E-state index >= 15 is 0 Å². The van der Waals surface area contributed by atoms with Gasteiger partial charge < -0.3 is 16.0 Å². The first-order valence-corrected chi connectivity index (χ1v) is 6.32. The normalized spacial score (nSPS) is 19.8. The fourth-order valence-electron chi connectivity index (χ4n) is 2.38. The minimum Gasteiger partial charge on any atom is -0.383 e. The van der Waals surface area contributed by atoms with Gasteiger partial charge in [0.2, 0.25) is 5.91 Å². The average Bonchev–Trinajstić information content (AvgIpc) is 2.38. The second kappa shape index (κ2) is 5.20. The number of nitrogens with one attached hydrogen (secondary N) is 1. The van der Waals surface area contributed by atoms with E-state index in [1.54, 1.807) is 0 Å². The van der Waals surface area contributed by atoms with Crippen LogP contribution in [-0.2, 0) is 11.2 Å². The number of aromatic nitrogens is 2. The number of nitrogens with zero attached hydrogens (tertiary/aromatic N) is 3. The highest BCUT2D eigenvalue weighted by Gasteiger charge is 2.30. The Morgan fingerprint density at radius 2 is 2.28 bits per heavy atom. The van der Waals surface area contributed by atoms with Crippen LogP contribution in [0, 0.1) is 0 Å². The van der Waals surface area contributed by atoms with Gasteiger partial charge in [-0.05, 0) is 12.8 Å². The quantitative estimate of drug-likeness (QED) is 0.806. The van der Waals surface area contributed by atoms with Gasteiger partial charge in [0.05, 0.1) is 0 Å². The van der Waals surface area contributed by atoms with Gasteiger partial charge in [-0.3, -0.25) is 4.79 Å². The Hall–Kier alpha value is -1.85. The summed E-state index contributed by atoms with van der Waals surface area (Å²) in [5.41, 5.74) is 6.80. The topological polar surface area (TPSA) is 84.1 Å². The summed E-state index contributed by atoms with van der Waals surface area (Å²) in [6, 6.07) is -0.168. The van der Waals surface area contributed by atoms with Crippen LogP contribution in [0.15, 0.2) is 6.33 Å². The standard InChI is InChI=1S/C12H19N5O/c1-3-8-10(13)15-7-16-11(8)17-6-5-14-12(18)9(17)4-2/h7,9H,3-6H2,1-2H3,(H,14,18)(H2,13,15,16). The van der Waals surface area contributed by atoms with Gasteiger partial charge in [-0.2, -0.15) is 0 Å². The predicted molar refractivity (Wildman–Crippen MR) is 70.3 cm³/mol. The molecule has 1 unspecified atom stereocenters. The molecule has 1 amide bonds.